The van der Waals surface area contributed by atoms with Crippen LogP contribution in [0.5, 0.6) is 0 Å². The second-order valence-corrected chi connectivity index (χ2v) is 4.80. The van der Waals surface area contributed by atoms with Crippen molar-refractivity contribution in [3.8, 4) is 0 Å². The van der Waals surface area contributed by atoms with Crippen LogP contribution in [0, 0.1) is 0 Å². The zero-order valence-electron chi connectivity index (χ0n) is 11.0. The van der Waals surface area contributed by atoms with Gasteiger partial charge in [0, 0.05) is 30.8 Å². The fourth-order valence-corrected chi connectivity index (χ4v) is 2.35. The van der Waals surface area contributed by atoms with E-state index in [1.54, 1.807) is 23.2 Å². The van der Waals surface area contributed by atoms with Crippen LogP contribution in [0.2, 0.25) is 0 Å². The topological polar surface area (TPSA) is 79.2 Å². The van der Waals surface area contributed by atoms with Crippen molar-refractivity contribution in [2.45, 2.75) is 31.7 Å². The molecule has 1 aliphatic rings. The molecule has 2 heterocycles. The first kappa shape index (κ1) is 15.7. The minimum Gasteiger partial charge on any atom is -0.341 e. The molecule has 0 aliphatic carbocycles. The van der Waals surface area contributed by atoms with Gasteiger partial charge in [0.15, 0.2) is 0 Å². The van der Waals surface area contributed by atoms with Gasteiger partial charge in [0.2, 0.25) is 5.91 Å². The molecule has 0 saturated carbocycles. The number of amides is 1. The van der Waals surface area contributed by atoms with Crippen molar-refractivity contribution in [1.82, 2.24) is 9.88 Å². The quantitative estimate of drug-likeness (QED) is 0.864. The summed E-state index contributed by atoms with van der Waals surface area (Å²) in [5, 5.41) is 0. The van der Waals surface area contributed by atoms with E-state index in [9.17, 15) is 9.59 Å². The predicted molar refractivity (Wildman–Crippen MR) is 76.5 cm³/mol. The van der Waals surface area contributed by atoms with E-state index < -0.39 is 6.04 Å². The molecular weight excluding hydrogens is 266 g/mol. The zero-order valence-corrected chi connectivity index (χ0v) is 11.8. The van der Waals surface area contributed by atoms with Crippen LogP contribution in [0.3, 0.4) is 0 Å². The van der Waals surface area contributed by atoms with Crippen LogP contribution >= 0.6 is 12.4 Å². The highest BCUT2D eigenvalue weighted by molar-refractivity contribution is 5.85. The third-order valence-corrected chi connectivity index (χ3v) is 3.58. The van der Waals surface area contributed by atoms with E-state index in [2.05, 4.69) is 4.98 Å². The molecule has 0 aromatic carbocycles. The van der Waals surface area contributed by atoms with Gasteiger partial charge in [-0.3, -0.25) is 9.59 Å². The summed E-state index contributed by atoms with van der Waals surface area (Å²) in [5.41, 5.74) is 6.39. The van der Waals surface area contributed by atoms with Gasteiger partial charge in [-0.1, -0.05) is 13.0 Å². The molecule has 1 amide bonds. The lowest BCUT2D eigenvalue weighted by molar-refractivity contribution is -0.131. The number of aromatic nitrogens is 1. The number of hydrogen-bond acceptors (Lipinski definition) is 3. The Bertz CT molecular complexity index is 483. The molecule has 0 radical (unpaired) electrons. The van der Waals surface area contributed by atoms with Gasteiger partial charge in [-0.25, -0.2) is 0 Å². The molecule has 0 bridgehead atoms. The number of pyridine rings is 1. The Hall–Kier alpha value is -1.33. The molecule has 1 saturated heterocycles. The number of carbonyl (C=O) groups excluding carboxylic acids is 1. The van der Waals surface area contributed by atoms with Crippen molar-refractivity contribution in [3.63, 3.8) is 0 Å². The second-order valence-electron chi connectivity index (χ2n) is 4.80. The van der Waals surface area contributed by atoms with Crippen molar-refractivity contribution in [1.29, 1.82) is 0 Å². The fraction of sp³-hybridized carbons (Fsp3) is 0.538. The van der Waals surface area contributed by atoms with Crippen LogP contribution in [0.15, 0.2) is 23.1 Å². The Morgan fingerprint density at radius 3 is 2.63 bits per heavy atom. The number of aromatic amines is 1. The number of carbonyl (C=O) groups is 1. The number of rotatable bonds is 3. The third-order valence-electron chi connectivity index (χ3n) is 3.58. The average molecular weight is 286 g/mol. The fourth-order valence-electron chi connectivity index (χ4n) is 2.35. The Labute approximate surface area is 118 Å². The highest BCUT2D eigenvalue weighted by Gasteiger charge is 2.29. The van der Waals surface area contributed by atoms with E-state index in [1.807, 2.05) is 6.92 Å². The summed E-state index contributed by atoms with van der Waals surface area (Å²) >= 11 is 0. The average Bonchev–Trinajstić information content (AvgIpc) is 2.90. The molecule has 2 rings (SSSR count). The second kappa shape index (κ2) is 6.73. The van der Waals surface area contributed by atoms with Crippen LogP contribution in [-0.2, 0) is 4.79 Å². The maximum absolute atomic E-state index is 12.2. The van der Waals surface area contributed by atoms with Crippen LogP contribution in [0.4, 0.5) is 0 Å². The van der Waals surface area contributed by atoms with E-state index in [-0.39, 0.29) is 29.8 Å². The number of likely N-dealkylation sites (tertiary alicyclic amines) is 1. The van der Waals surface area contributed by atoms with E-state index >= 15 is 0 Å². The number of halogens is 1. The van der Waals surface area contributed by atoms with Crippen molar-refractivity contribution >= 4 is 18.3 Å². The first-order chi connectivity index (χ1) is 8.61. The predicted octanol–water partition coefficient (Wildman–Crippen LogP) is 0.850. The van der Waals surface area contributed by atoms with Crippen molar-refractivity contribution in [3.05, 3.63) is 34.2 Å². The smallest absolute Gasteiger partial charge is 0.251 e. The molecule has 3 N–H and O–H groups in total. The number of nitrogens with zero attached hydrogens (tertiary/aromatic N) is 1. The summed E-state index contributed by atoms with van der Waals surface area (Å²) in [6, 6.07) is 2.83. The lowest BCUT2D eigenvalue weighted by atomic mass is 9.94. The van der Waals surface area contributed by atoms with E-state index in [4.69, 9.17) is 5.73 Å². The SMILES string of the molecule is C[C@@H](c1ccc[nH]c1=O)[C@@H](N)C(=O)N1CCCC1.Cl. The standard InChI is InChI=1S/C13H19N3O2.ClH/c1-9(10-5-4-6-15-12(10)17)11(14)13(18)16-7-2-3-8-16;/h4-6,9,11H,2-3,7-8,14H2,1H3,(H,15,17);1H/t9-,11+;/m0./s1. The number of nitrogens with one attached hydrogen (secondary N) is 1. The lowest BCUT2D eigenvalue weighted by Crippen LogP contribution is -2.46. The first-order valence-corrected chi connectivity index (χ1v) is 6.33. The monoisotopic (exact) mass is 285 g/mol. The Kier molecular flexibility index (Phi) is 5.57. The van der Waals surface area contributed by atoms with Crippen molar-refractivity contribution in [2.24, 2.45) is 5.73 Å². The van der Waals surface area contributed by atoms with Crippen LogP contribution in [-0.4, -0.2) is 34.9 Å². The van der Waals surface area contributed by atoms with Crippen molar-refractivity contribution in [2.75, 3.05) is 13.1 Å². The molecule has 0 spiro atoms. The molecule has 2 atom stereocenters. The summed E-state index contributed by atoms with van der Waals surface area (Å²) in [7, 11) is 0. The summed E-state index contributed by atoms with van der Waals surface area (Å²) in [6.45, 7) is 3.39. The molecule has 1 aliphatic heterocycles. The van der Waals surface area contributed by atoms with Gasteiger partial charge in [-0.15, -0.1) is 12.4 Å². The van der Waals surface area contributed by atoms with Gasteiger partial charge in [-0.05, 0) is 18.9 Å². The molecule has 19 heavy (non-hydrogen) atoms. The summed E-state index contributed by atoms with van der Waals surface area (Å²) in [4.78, 5) is 28.2. The Balaban J connectivity index is 0.00000180. The van der Waals surface area contributed by atoms with E-state index in [1.165, 1.54) is 0 Å². The largest absolute Gasteiger partial charge is 0.341 e. The number of hydrogen-bond donors (Lipinski definition) is 2. The van der Waals surface area contributed by atoms with Gasteiger partial charge >= 0.3 is 0 Å². The van der Waals surface area contributed by atoms with E-state index in [0.29, 0.717) is 5.56 Å². The Morgan fingerprint density at radius 1 is 1.42 bits per heavy atom. The van der Waals surface area contributed by atoms with Gasteiger partial charge in [0.25, 0.3) is 5.56 Å². The minimum atomic E-state index is -0.647. The van der Waals surface area contributed by atoms with Gasteiger partial charge in [0.05, 0.1) is 6.04 Å². The molecule has 1 aromatic heterocycles. The molecule has 1 aromatic rings. The van der Waals surface area contributed by atoms with Gasteiger partial charge in [0.1, 0.15) is 0 Å². The van der Waals surface area contributed by atoms with Crippen LogP contribution in [0.1, 0.15) is 31.2 Å². The summed E-state index contributed by atoms with van der Waals surface area (Å²) in [5.74, 6) is -0.327. The number of H-pyrrole nitrogens is 1. The summed E-state index contributed by atoms with van der Waals surface area (Å²) in [6.07, 6.45) is 3.66. The molecular formula is C13H20ClN3O2. The normalized spacial score (nSPS) is 17.7. The minimum absolute atomic E-state index is 0. The number of nitrogens with two attached hydrogens (primary N) is 1. The third kappa shape index (κ3) is 3.36. The van der Waals surface area contributed by atoms with Gasteiger partial charge in [-0.2, -0.15) is 0 Å². The Morgan fingerprint density at radius 2 is 2.05 bits per heavy atom. The first-order valence-electron chi connectivity index (χ1n) is 6.33. The lowest BCUT2D eigenvalue weighted by Gasteiger charge is -2.24. The van der Waals surface area contributed by atoms with E-state index in [0.717, 1.165) is 25.9 Å². The molecule has 0 unspecified atom stereocenters. The molecule has 6 heteroatoms. The maximum atomic E-state index is 12.2. The van der Waals surface area contributed by atoms with Gasteiger partial charge < -0.3 is 15.6 Å². The molecule has 106 valence electrons. The van der Waals surface area contributed by atoms with Crippen LogP contribution < -0.4 is 11.3 Å². The highest BCUT2D eigenvalue weighted by atomic mass is 35.5. The molecule has 5 nitrogen and oxygen atoms in total. The van der Waals surface area contributed by atoms with Crippen LogP contribution in [0.25, 0.3) is 0 Å². The van der Waals surface area contributed by atoms with Crippen molar-refractivity contribution < 1.29 is 4.79 Å². The highest BCUT2D eigenvalue weighted by Crippen LogP contribution is 2.18. The summed E-state index contributed by atoms with van der Waals surface area (Å²) < 4.78 is 0. The zero-order chi connectivity index (χ0) is 13.1. The maximum Gasteiger partial charge on any atom is 0.251 e. The molecule has 1 fully saturated rings.